The van der Waals surface area contributed by atoms with Gasteiger partial charge in [0.15, 0.2) is 0 Å². The molecule has 8 heteroatoms. The number of aliphatic hydroxyl groups excluding tert-OH is 1. The van der Waals surface area contributed by atoms with E-state index in [0.29, 0.717) is 24.6 Å². The van der Waals surface area contributed by atoms with Gasteiger partial charge in [0.1, 0.15) is 0 Å². The maximum atomic E-state index is 11.8. The molecule has 0 saturated carbocycles. The van der Waals surface area contributed by atoms with Gasteiger partial charge in [0.2, 0.25) is 6.23 Å². The molecule has 0 saturated heterocycles. The van der Waals surface area contributed by atoms with Gasteiger partial charge in [-0.05, 0) is 58.2 Å². The fourth-order valence-corrected chi connectivity index (χ4v) is 2.43. The molecule has 0 rings (SSSR count). The fourth-order valence-electron chi connectivity index (χ4n) is 2.43. The standard InChI is InChI=1S/C19H40N6O2/c1-16(10-5-3-4-6-14-23-17(2)21)25-19(27)18(26)24-15-8-7-12-22-13-9-11-20/h19,22-23,25,27H,1-15,20-21H2,(H,24,26). The molecule has 0 aromatic rings. The third-order valence-electron chi connectivity index (χ3n) is 3.98. The van der Waals surface area contributed by atoms with Crippen LogP contribution in [0, 0.1) is 0 Å². The molecule has 8 nitrogen and oxygen atoms in total. The first-order valence-corrected chi connectivity index (χ1v) is 9.96. The summed E-state index contributed by atoms with van der Waals surface area (Å²) in [6.07, 6.45) is 6.41. The minimum Gasteiger partial charge on any atom is -0.386 e. The number of hydrogen-bond donors (Lipinski definition) is 7. The normalized spacial score (nSPS) is 11.6. The number of rotatable bonds is 19. The van der Waals surface area contributed by atoms with Crippen LogP contribution in [0.2, 0.25) is 0 Å². The van der Waals surface area contributed by atoms with Crippen LogP contribution in [-0.4, -0.2) is 50.0 Å². The van der Waals surface area contributed by atoms with Gasteiger partial charge in [0, 0.05) is 18.8 Å². The van der Waals surface area contributed by atoms with Crippen molar-refractivity contribution in [1.82, 2.24) is 21.3 Å². The van der Waals surface area contributed by atoms with Gasteiger partial charge in [0.05, 0.1) is 5.82 Å². The Morgan fingerprint density at radius 1 is 0.889 bits per heavy atom. The molecule has 158 valence electrons. The maximum absolute atomic E-state index is 11.8. The highest BCUT2D eigenvalue weighted by molar-refractivity contribution is 5.80. The first-order valence-electron chi connectivity index (χ1n) is 9.96. The highest BCUT2D eigenvalue weighted by atomic mass is 16.3. The average molecular weight is 385 g/mol. The Kier molecular flexibility index (Phi) is 16.5. The van der Waals surface area contributed by atoms with Gasteiger partial charge in [-0.15, -0.1) is 0 Å². The highest BCUT2D eigenvalue weighted by Crippen LogP contribution is 2.07. The third kappa shape index (κ3) is 17.4. The van der Waals surface area contributed by atoms with Crippen LogP contribution in [0.25, 0.3) is 0 Å². The Labute approximate surface area is 164 Å². The van der Waals surface area contributed by atoms with Crippen molar-refractivity contribution in [2.45, 2.75) is 57.6 Å². The zero-order valence-electron chi connectivity index (χ0n) is 16.7. The van der Waals surface area contributed by atoms with Gasteiger partial charge in [-0.1, -0.05) is 26.0 Å². The summed E-state index contributed by atoms with van der Waals surface area (Å²) in [5, 5.41) is 21.6. The number of nitrogens with two attached hydrogens (primary N) is 2. The number of carbonyl (C=O) groups is 1. The molecule has 9 N–H and O–H groups in total. The van der Waals surface area contributed by atoms with E-state index in [9.17, 15) is 9.90 Å². The molecule has 27 heavy (non-hydrogen) atoms. The van der Waals surface area contributed by atoms with Gasteiger partial charge in [-0.3, -0.25) is 4.79 Å². The van der Waals surface area contributed by atoms with E-state index in [2.05, 4.69) is 34.4 Å². The summed E-state index contributed by atoms with van der Waals surface area (Å²) < 4.78 is 0. The van der Waals surface area contributed by atoms with Crippen LogP contribution >= 0.6 is 0 Å². The lowest BCUT2D eigenvalue weighted by atomic mass is 10.1. The SMILES string of the molecule is C=C(N)NCCCCCCC(=C)NC(O)C(=O)NCCCCNCCCN. The summed E-state index contributed by atoms with van der Waals surface area (Å²) in [5.74, 6) is 0.0827. The summed E-state index contributed by atoms with van der Waals surface area (Å²) >= 11 is 0. The summed E-state index contributed by atoms with van der Waals surface area (Å²) in [6, 6.07) is 0. The monoisotopic (exact) mass is 384 g/mol. The van der Waals surface area contributed by atoms with E-state index >= 15 is 0 Å². The summed E-state index contributed by atoms with van der Waals surface area (Å²) in [7, 11) is 0. The second kappa shape index (κ2) is 17.6. The molecule has 0 spiro atoms. The zero-order chi connectivity index (χ0) is 20.3. The summed E-state index contributed by atoms with van der Waals surface area (Å²) in [4.78, 5) is 11.8. The number of hydrogen-bond acceptors (Lipinski definition) is 7. The largest absolute Gasteiger partial charge is 0.386 e. The van der Waals surface area contributed by atoms with Crippen molar-refractivity contribution < 1.29 is 9.90 Å². The Morgan fingerprint density at radius 2 is 1.48 bits per heavy atom. The number of nitrogens with one attached hydrogen (secondary N) is 4. The Balaban J connectivity index is 3.57. The first-order chi connectivity index (χ1) is 13.0. The van der Waals surface area contributed by atoms with E-state index in [1.165, 1.54) is 0 Å². The lowest BCUT2D eigenvalue weighted by molar-refractivity contribution is -0.130. The van der Waals surface area contributed by atoms with Crippen LogP contribution in [-0.2, 0) is 4.79 Å². The predicted octanol–water partition coefficient (Wildman–Crippen LogP) is 0.213. The minimum atomic E-state index is -1.25. The molecule has 0 aliphatic carbocycles. The second-order valence-electron chi connectivity index (χ2n) is 6.66. The smallest absolute Gasteiger partial charge is 0.269 e. The fraction of sp³-hybridized carbons (Fsp3) is 0.737. The van der Waals surface area contributed by atoms with Crippen molar-refractivity contribution in [3.8, 4) is 0 Å². The van der Waals surface area contributed by atoms with Crippen molar-refractivity contribution in [2.24, 2.45) is 11.5 Å². The first kappa shape index (κ1) is 25.2. The number of aliphatic hydroxyl groups is 1. The van der Waals surface area contributed by atoms with Crippen LogP contribution in [0.1, 0.15) is 51.4 Å². The number of allylic oxidation sites excluding steroid dienone is 1. The van der Waals surface area contributed by atoms with E-state index in [1.807, 2.05) is 0 Å². The van der Waals surface area contributed by atoms with Crippen molar-refractivity contribution in [3.05, 3.63) is 24.7 Å². The molecule has 1 amide bonds. The van der Waals surface area contributed by atoms with Gasteiger partial charge in [-0.25, -0.2) is 0 Å². The Hall–Kier alpha value is -1.77. The summed E-state index contributed by atoms with van der Waals surface area (Å²) in [5.41, 5.74) is 11.5. The molecule has 1 unspecified atom stereocenters. The average Bonchev–Trinajstić information content (AvgIpc) is 2.62. The minimum absolute atomic E-state index is 0.416. The molecule has 0 aliphatic heterocycles. The number of amides is 1. The molecule has 1 atom stereocenters. The quantitative estimate of drug-likeness (QED) is 0.125. The van der Waals surface area contributed by atoms with Crippen molar-refractivity contribution >= 4 is 5.91 Å². The Morgan fingerprint density at radius 3 is 2.19 bits per heavy atom. The molecule has 0 radical (unpaired) electrons. The zero-order valence-corrected chi connectivity index (χ0v) is 16.7. The van der Waals surface area contributed by atoms with E-state index < -0.39 is 12.1 Å². The van der Waals surface area contributed by atoms with Crippen LogP contribution in [0.3, 0.4) is 0 Å². The topological polar surface area (TPSA) is 137 Å². The lowest BCUT2D eigenvalue weighted by Crippen LogP contribution is -2.43. The molecular formula is C19H40N6O2. The lowest BCUT2D eigenvalue weighted by Gasteiger charge is -2.16. The molecular weight excluding hydrogens is 344 g/mol. The maximum Gasteiger partial charge on any atom is 0.269 e. The molecule has 0 fully saturated rings. The van der Waals surface area contributed by atoms with E-state index in [0.717, 1.165) is 71.0 Å². The van der Waals surface area contributed by atoms with Gasteiger partial charge in [-0.2, -0.15) is 0 Å². The van der Waals surface area contributed by atoms with Crippen molar-refractivity contribution in [3.63, 3.8) is 0 Å². The van der Waals surface area contributed by atoms with Gasteiger partial charge >= 0.3 is 0 Å². The van der Waals surface area contributed by atoms with Gasteiger partial charge < -0.3 is 37.8 Å². The Bertz CT molecular complexity index is 417. The third-order valence-corrected chi connectivity index (χ3v) is 3.98. The van der Waals surface area contributed by atoms with Crippen LogP contribution in [0.5, 0.6) is 0 Å². The molecule has 0 aromatic heterocycles. The highest BCUT2D eigenvalue weighted by Gasteiger charge is 2.14. The molecule has 0 heterocycles. The van der Waals surface area contributed by atoms with E-state index in [4.69, 9.17) is 11.5 Å². The van der Waals surface area contributed by atoms with Gasteiger partial charge in [0.25, 0.3) is 5.91 Å². The number of unbranched alkanes of at least 4 members (excludes halogenated alkanes) is 4. The molecule has 0 aliphatic rings. The van der Waals surface area contributed by atoms with E-state index in [1.54, 1.807) is 0 Å². The molecule has 0 bridgehead atoms. The summed E-state index contributed by atoms with van der Waals surface area (Å²) in [6.45, 7) is 11.4. The van der Waals surface area contributed by atoms with E-state index in [-0.39, 0.29) is 0 Å². The van der Waals surface area contributed by atoms with Crippen molar-refractivity contribution in [1.29, 1.82) is 0 Å². The predicted molar refractivity (Wildman–Crippen MR) is 111 cm³/mol. The van der Waals surface area contributed by atoms with Crippen LogP contribution in [0.4, 0.5) is 0 Å². The van der Waals surface area contributed by atoms with Crippen molar-refractivity contribution in [2.75, 3.05) is 32.7 Å². The number of carbonyl (C=O) groups excluding carboxylic acids is 1. The second-order valence-corrected chi connectivity index (χ2v) is 6.66. The van der Waals surface area contributed by atoms with Crippen LogP contribution < -0.4 is 32.7 Å². The van der Waals surface area contributed by atoms with Crippen LogP contribution in [0.15, 0.2) is 24.7 Å². The molecule has 0 aromatic carbocycles.